The molecule has 0 bridgehead atoms. The van der Waals surface area contributed by atoms with Crippen LogP contribution in [-0.2, 0) is 5.54 Å². The monoisotopic (exact) mass is 376 g/mol. The first-order valence-corrected chi connectivity index (χ1v) is 12.1. The van der Waals surface area contributed by atoms with Crippen LogP contribution in [0.25, 0.3) is 0 Å². The van der Waals surface area contributed by atoms with E-state index in [1.807, 2.05) is 12.5 Å². The third-order valence-corrected chi connectivity index (χ3v) is 6.86. The Morgan fingerprint density at radius 1 is 0.778 bits per heavy atom. The summed E-state index contributed by atoms with van der Waals surface area (Å²) in [5.41, 5.74) is 0.215. The Balaban J connectivity index is 1.95. The predicted molar refractivity (Wildman–Crippen MR) is 120 cm³/mol. The molecule has 2 atom stereocenters. The van der Waals surface area contributed by atoms with Crippen molar-refractivity contribution in [3.05, 3.63) is 18.7 Å². The first kappa shape index (κ1) is 24.2. The fraction of sp³-hybridized carbons (Fsp3) is 0.880. The van der Waals surface area contributed by atoms with Gasteiger partial charge in [0.05, 0.1) is 6.33 Å². The van der Waals surface area contributed by atoms with E-state index in [-0.39, 0.29) is 5.54 Å². The SMILES string of the molecule is CCCCCCCCCCCCCCCCC(C)C(C)(CC)n1ccnc1. The molecule has 27 heavy (non-hydrogen) atoms. The normalized spacial score (nSPS) is 15.0. The van der Waals surface area contributed by atoms with E-state index in [4.69, 9.17) is 0 Å². The van der Waals surface area contributed by atoms with Gasteiger partial charge in [0, 0.05) is 17.9 Å². The average molecular weight is 377 g/mol. The minimum atomic E-state index is 0.215. The van der Waals surface area contributed by atoms with Gasteiger partial charge in [-0.2, -0.15) is 0 Å². The zero-order valence-electron chi connectivity index (χ0n) is 19.0. The van der Waals surface area contributed by atoms with Gasteiger partial charge in [-0.25, -0.2) is 4.98 Å². The summed E-state index contributed by atoms with van der Waals surface area (Å²) in [7, 11) is 0. The van der Waals surface area contributed by atoms with Gasteiger partial charge in [-0.3, -0.25) is 0 Å². The van der Waals surface area contributed by atoms with Crippen molar-refractivity contribution in [3.8, 4) is 0 Å². The highest BCUT2D eigenvalue weighted by molar-refractivity contribution is 4.91. The van der Waals surface area contributed by atoms with Gasteiger partial charge >= 0.3 is 0 Å². The Morgan fingerprint density at radius 3 is 1.67 bits per heavy atom. The fourth-order valence-corrected chi connectivity index (χ4v) is 4.30. The quantitative estimate of drug-likeness (QED) is 0.235. The molecule has 0 saturated carbocycles. The van der Waals surface area contributed by atoms with Crippen LogP contribution in [0.3, 0.4) is 0 Å². The number of aromatic nitrogens is 2. The molecule has 1 rings (SSSR count). The molecule has 0 aliphatic rings. The van der Waals surface area contributed by atoms with E-state index in [2.05, 4.69) is 43.4 Å². The first-order chi connectivity index (χ1) is 13.1. The van der Waals surface area contributed by atoms with Gasteiger partial charge in [0.25, 0.3) is 0 Å². The van der Waals surface area contributed by atoms with E-state index in [9.17, 15) is 0 Å². The van der Waals surface area contributed by atoms with E-state index in [0.29, 0.717) is 5.92 Å². The van der Waals surface area contributed by atoms with E-state index in [1.54, 1.807) is 0 Å². The molecule has 0 fully saturated rings. The molecule has 0 aliphatic heterocycles. The van der Waals surface area contributed by atoms with Crippen molar-refractivity contribution in [1.82, 2.24) is 9.55 Å². The summed E-state index contributed by atoms with van der Waals surface area (Å²) < 4.78 is 2.32. The second-order valence-corrected chi connectivity index (χ2v) is 8.97. The van der Waals surface area contributed by atoms with Gasteiger partial charge in [-0.05, 0) is 25.7 Å². The molecular formula is C25H48N2. The smallest absolute Gasteiger partial charge is 0.0951 e. The second kappa shape index (κ2) is 15.2. The lowest BCUT2D eigenvalue weighted by atomic mass is 9.81. The number of rotatable bonds is 18. The molecule has 2 heteroatoms. The molecule has 0 aliphatic carbocycles. The Morgan fingerprint density at radius 2 is 1.26 bits per heavy atom. The maximum Gasteiger partial charge on any atom is 0.0951 e. The fourth-order valence-electron chi connectivity index (χ4n) is 4.30. The summed E-state index contributed by atoms with van der Waals surface area (Å²) in [4.78, 5) is 4.25. The van der Waals surface area contributed by atoms with Crippen LogP contribution in [0.2, 0.25) is 0 Å². The van der Waals surface area contributed by atoms with Gasteiger partial charge in [0.1, 0.15) is 0 Å². The zero-order valence-corrected chi connectivity index (χ0v) is 19.0. The van der Waals surface area contributed by atoms with Crippen LogP contribution in [0.1, 0.15) is 130 Å². The molecule has 1 aromatic heterocycles. The molecule has 2 nitrogen and oxygen atoms in total. The van der Waals surface area contributed by atoms with Crippen molar-refractivity contribution in [2.75, 3.05) is 0 Å². The van der Waals surface area contributed by atoms with E-state index in [1.165, 1.54) is 103 Å². The van der Waals surface area contributed by atoms with Crippen LogP contribution in [-0.4, -0.2) is 9.55 Å². The van der Waals surface area contributed by atoms with Crippen LogP contribution in [0.15, 0.2) is 18.7 Å². The molecule has 2 unspecified atom stereocenters. The van der Waals surface area contributed by atoms with Crippen LogP contribution >= 0.6 is 0 Å². The highest BCUT2D eigenvalue weighted by atomic mass is 15.1. The molecule has 0 amide bonds. The standard InChI is InChI=1S/C25H48N2/c1-5-7-8-9-10-11-12-13-14-15-16-17-18-19-20-24(3)25(4,6-2)27-22-21-26-23-27/h21-24H,5-20H2,1-4H3. The van der Waals surface area contributed by atoms with E-state index >= 15 is 0 Å². The summed E-state index contributed by atoms with van der Waals surface area (Å²) in [5.74, 6) is 0.703. The van der Waals surface area contributed by atoms with Crippen molar-refractivity contribution in [1.29, 1.82) is 0 Å². The first-order valence-electron chi connectivity index (χ1n) is 12.1. The van der Waals surface area contributed by atoms with E-state index < -0.39 is 0 Å². The average Bonchev–Trinajstić information content (AvgIpc) is 3.22. The lowest BCUT2D eigenvalue weighted by molar-refractivity contribution is 0.182. The lowest BCUT2D eigenvalue weighted by Gasteiger charge is -2.36. The number of hydrogen-bond donors (Lipinski definition) is 0. The topological polar surface area (TPSA) is 17.8 Å². The highest BCUT2D eigenvalue weighted by Gasteiger charge is 2.30. The molecular weight excluding hydrogens is 328 g/mol. The van der Waals surface area contributed by atoms with E-state index in [0.717, 1.165) is 0 Å². The van der Waals surface area contributed by atoms with Crippen LogP contribution in [0.4, 0.5) is 0 Å². The van der Waals surface area contributed by atoms with Gasteiger partial charge in [-0.15, -0.1) is 0 Å². The summed E-state index contributed by atoms with van der Waals surface area (Å²) in [5, 5.41) is 0. The maximum absolute atomic E-state index is 4.25. The highest BCUT2D eigenvalue weighted by Crippen LogP contribution is 2.33. The van der Waals surface area contributed by atoms with Crippen molar-refractivity contribution >= 4 is 0 Å². The van der Waals surface area contributed by atoms with Gasteiger partial charge < -0.3 is 4.57 Å². The predicted octanol–water partition coefficient (Wildman–Crippen LogP) is 8.52. The molecule has 0 radical (unpaired) electrons. The third-order valence-electron chi connectivity index (χ3n) is 6.86. The van der Waals surface area contributed by atoms with Crippen LogP contribution in [0.5, 0.6) is 0 Å². The van der Waals surface area contributed by atoms with Crippen LogP contribution < -0.4 is 0 Å². The number of hydrogen-bond acceptors (Lipinski definition) is 1. The number of unbranched alkanes of at least 4 members (excludes halogenated alkanes) is 13. The third kappa shape index (κ3) is 9.81. The second-order valence-electron chi connectivity index (χ2n) is 8.97. The molecule has 158 valence electrons. The van der Waals surface area contributed by atoms with Crippen LogP contribution in [0, 0.1) is 5.92 Å². The Bertz CT molecular complexity index is 426. The number of imidazole rings is 1. The minimum Gasteiger partial charge on any atom is -0.331 e. The van der Waals surface area contributed by atoms with Gasteiger partial charge in [0.2, 0.25) is 0 Å². The molecule has 0 aromatic carbocycles. The number of nitrogens with zero attached hydrogens (tertiary/aromatic N) is 2. The summed E-state index contributed by atoms with van der Waals surface area (Å²) >= 11 is 0. The van der Waals surface area contributed by atoms with Crippen molar-refractivity contribution in [3.63, 3.8) is 0 Å². The summed E-state index contributed by atoms with van der Waals surface area (Å²) in [6, 6.07) is 0. The zero-order chi connectivity index (χ0) is 19.8. The summed E-state index contributed by atoms with van der Waals surface area (Å²) in [6.07, 6.45) is 28.7. The largest absolute Gasteiger partial charge is 0.331 e. The molecule has 0 spiro atoms. The lowest BCUT2D eigenvalue weighted by Crippen LogP contribution is -2.35. The Labute approximate surface area is 170 Å². The minimum absolute atomic E-state index is 0.215. The van der Waals surface area contributed by atoms with Crippen molar-refractivity contribution in [2.24, 2.45) is 5.92 Å². The van der Waals surface area contributed by atoms with Gasteiger partial charge in [-0.1, -0.05) is 111 Å². The van der Waals surface area contributed by atoms with Crippen molar-refractivity contribution < 1.29 is 0 Å². The van der Waals surface area contributed by atoms with Gasteiger partial charge in [0.15, 0.2) is 0 Å². The van der Waals surface area contributed by atoms with Crippen molar-refractivity contribution in [2.45, 2.75) is 136 Å². The molecule has 0 N–H and O–H groups in total. The molecule has 1 heterocycles. The maximum atomic E-state index is 4.25. The Hall–Kier alpha value is -0.790. The summed E-state index contributed by atoms with van der Waals surface area (Å²) in [6.45, 7) is 9.42. The molecule has 0 saturated heterocycles. The molecule has 1 aromatic rings. The Kier molecular flexibility index (Phi) is 13.6.